The van der Waals surface area contributed by atoms with Crippen molar-refractivity contribution in [2.24, 2.45) is 11.8 Å². The highest BCUT2D eigenvalue weighted by molar-refractivity contribution is 6.21. The van der Waals surface area contributed by atoms with Gasteiger partial charge < -0.3 is 14.2 Å². The van der Waals surface area contributed by atoms with E-state index in [-0.39, 0.29) is 18.5 Å². The maximum absolute atomic E-state index is 5.94. The summed E-state index contributed by atoms with van der Waals surface area (Å²) >= 11 is 11.5. The first-order valence-electron chi connectivity index (χ1n) is 6.90. The molecule has 1 fully saturated rings. The third kappa shape index (κ3) is 4.33. The molecule has 19 heavy (non-hydrogen) atoms. The molecule has 4 atom stereocenters. The van der Waals surface area contributed by atoms with E-state index in [0.717, 1.165) is 12.8 Å². The van der Waals surface area contributed by atoms with Gasteiger partial charge in [-0.1, -0.05) is 19.1 Å². The van der Waals surface area contributed by atoms with Crippen LogP contribution >= 0.6 is 23.2 Å². The summed E-state index contributed by atoms with van der Waals surface area (Å²) in [5, 5.41) is 0. The van der Waals surface area contributed by atoms with Crippen LogP contribution < -0.4 is 0 Å². The van der Waals surface area contributed by atoms with Gasteiger partial charge in [0.2, 0.25) is 0 Å². The molecule has 0 radical (unpaired) electrons. The molecule has 2 rings (SSSR count). The van der Waals surface area contributed by atoms with Gasteiger partial charge in [0.05, 0.1) is 19.3 Å². The van der Waals surface area contributed by atoms with Gasteiger partial charge in [0.15, 0.2) is 6.29 Å². The largest absolute Gasteiger partial charge is 0.373 e. The van der Waals surface area contributed by atoms with E-state index in [9.17, 15) is 0 Å². The summed E-state index contributed by atoms with van der Waals surface area (Å²) < 4.78 is 17.3. The Morgan fingerprint density at radius 3 is 2.68 bits per heavy atom. The van der Waals surface area contributed by atoms with Crippen LogP contribution in [0.2, 0.25) is 0 Å². The molecule has 3 nitrogen and oxygen atoms in total. The Labute approximate surface area is 125 Å². The van der Waals surface area contributed by atoms with Crippen LogP contribution in [0.1, 0.15) is 19.8 Å². The van der Waals surface area contributed by atoms with Gasteiger partial charge in [0.1, 0.15) is 6.10 Å². The number of halogens is 2. The van der Waals surface area contributed by atoms with Crippen molar-refractivity contribution in [3.63, 3.8) is 0 Å². The molecule has 0 spiro atoms. The molecule has 0 aromatic carbocycles. The average Bonchev–Trinajstić information content (AvgIpc) is 2.89. The fourth-order valence-electron chi connectivity index (χ4n) is 2.51. The molecular formula is C14H22Cl2O3. The second-order valence-electron chi connectivity index (χ2n) is 5.31. The van der Waals surface area contributed by atoms with Gasteiger partial charge in [0.25, 0.3) is 0 Å². The molecule has 1 heterocycles. The maximum Gasteiger partial charge on any atom is 0.161 e. The zero-order chi connectivity index (χ0) is 13.7. The summed E-state index contributed by atoms with van der Waals surface area (Å²) in [6.07, 6.45) is 6.39. The Balaban J connectivity index is 1.75. The fourth-order valence-corrected chi connectivity index (χ4v) is 3.01. The summed E-state index contributed by atoms with van der Waals surface area (Å²) in [7, 11) is 0. The lowest BCUT2D eigenvalue weighted by molar-refractivity contribution is -0.119. The van der Waals surface area contributed by atoms with E-state index in [0.29, 0.717) is 36.8 Å². The minimum Gasteiger partial charge on any atom is -0.373 e. The molecule has 110 valence electrons. The second kappa shape index (κ2) is 7.84. The molecule has 1 aliphatic heterocycles. The molecule has 1 aliphatic carbocycles. The zero-order valence-electron chi connectivity index (χ0n) is 11.3. The molecule has 0 N–H and O–H groups in total. The number of alkyl halides is 2. The van der Waals surface area contributed by atoms with Gasteiger partial charge in [-0.15, -0.1) is 23.2 Å². The first-order chi connectivity index (χ1) is 9.24. The Hall–Kier alpha value is 0.200. The van der Waals surface area contributed by atoms with Gasteiger partial charge in [-0.05, 0) is 18.8 Å². The normalized spacial score (nSPS) is 35.2. The van der Waals surface area contributed by atoms with Crippen LogP contribution in [0.3, 0.4) is 0 Å². The van der Waals surface area contributed by atoms with E-state index in [2.05, 4.69) is 19.1 Å². The smallest absolute Gasteiger partial charge is 0.161 e. The van der Waals surface area contributed by atoms with Crippen molar-refractivity contribution in [3.05, 3.63) is 12.2 Å². The summed E-state index contributed by atoms with van der Waals surface area (Å²) in [4.78, 5) is 0. The summed E-state index contributed by atoms with van der Waals surface area (Å²) in [5.74, 6) is 1.87. The van der Waals surface area contributed by atoms with Crippen LogP contribution in [-0.2, 0) is 14.2 Å². The molecule has 0 unspecified atom stereocenters. The van der Waals surface area contributed by atoms with Crippen molar-refractivity contribution in [2.75, 3.05) is 25.0 Å². The van der Waals surface area contributed by atoms with Crippen LogP contribution in [0.4, 0.5) is 0 Å². The average molecular weight is 309 g/mol. The van der Waals surface area contributed by atoms with E-state index >= 15 is 0 Å². The van der Waals surface area contributed by atoms with Crippen molar-refractivity contribution in [1.82, 2.24) is 0 Å². The molecule has 0 aromatic rings. The van der Waals surface area contributed by atoms with Gasteiger partial charge in [-0.2, -0.15) is 0 Å². The van der Waals surface area contributed by atoms with E-state index in [1.54, 1.807) is 0 Å². The molecular weight excluding hydrogens is 287 g/mol. The molecule has 0 amide bonds. The summed E-state index contributed by atoms with van der Waals surface area (Å²) in [6.45, 7) is 3.34. The highest BCUT2D eigenvalue weighted by atomic mass is 35.5. The summed E-state index contributed by atoms with van der Waals surface area (Å²) in [6, 6.07) is 0. The Kier molecular flexibility index (Phi) is 6.43. The van der Waals surface area contributed by atoms with Crippen LogP contribution in [0.25, 0.3) is 0 Å². The van der Waals surface area contributed by atoms with Crippen molar-refractivity contribution >= 4 is 23.2 Å². The van der Waals surface area contributed by atoms with Gasteiger partial charge >= 0.3 is 0 Å². The van der Waals surface area contributed by atoms with Crippen LogP contribution in [-0.4, -0.2) is 43.5 Å². The Morgan fingerprint density at radius 2 is 2.00 bits per heavy atom. The van der Waals surface area contributed by atoms with Crippen molar-refractivity contribution < 1.29 is 14.2 Å². The minimum atomic E-state index is -0.109. The summed E-state index contributed by atoms with van der Waals surface area (Å²) in [5.41, 5.74) is 0. The molecule has 2 aliphatic rings. The number of ether oxygens (including phenoxy) is 3. The van der Waals surface area contributed by atoms with E-state index < -0.39 is 0 Å². The van der Waals surface area contributed by atoms with E-state index in [1.807, 2.05) is 0 Å². The molecule has 0 aromatic heterocycles. The van der Waals surface area contributed by atoms with Crippen molar-refractivity contribution in [2.45, 2.75) is 38.3 Å². The molecule has 5 heteroatoms. The number of allylic oxidation sites excluding steroid dienone is 2. The first-order valence-corrected chi connectivity index (χ1v) is 7.97. The van der Waals surface area contributed by atoms with Crippen LogP contribution in [0.5, 0.6) is 0 Å². The third-order valence-corrected chi connectivity index (χ3v) is 4.49. The fraction of sp³-hybridized carbons (Fsp3) is 0.857. The number of rotatable bonds is 6. The lowest BCUT2D eigenvalue weighted by Crippen LogP contribution is -2.30. The second-order valence-corrected chi connectivity index (χ2v) is 5.92. The molecule has 0 saturated carbocycles. The zero-order valence-corrected chi connectivity index (χ0v) is 12.8. The van der Waals surface area contributed by atoms with Crippen molar-refractivity contribution in [3.8, 4) is 0 Å². The topological polar surface area (TPSA) is 27.7 Å². The lowest BCUT2D eigenvalue weighted by atomic mass is 9.84. The maximum atomic E-state index is 5.94. The van der Waals surface area contributed by atoms with Crippen molar-refractivity contribution in [1.29, 1.82) is 0 Å². The standard InChI is InChI=1S/C14H22Cl2O3/c1-10-4-2-3-5-13(10)14-18-9-12(19-14)8-17-11(6-15)7-16/h2-3,10-14H,4-9H2,1H3/t10-,12-,13-,14+/m0/s1. The molecule has 0 bridgehead atoms. The van der Waals surface area contributed by atoms with Crippen LogP contribution in [0.15, 0.2) is 12.2 Å². The van der Waals surface area contributed by atoms with Gasteiger partial charge in [-0.25, -0.2) is 0 Å². The number of hydrogen-bond donors (Lipinski definition) is 0. The van der Waals surface area contributed by atoms with Gasteiger partial charge in [-0.3, -0.25) is 0 Å². The Bertz CT molecular complexity index is 294. The van der Waals surface area contributed by atoms with Crippen LogP contribution in [0, 0.1) is 11.8 Å². The first kappa shape index (κ1) is 15.6. The minimum absolute atomic E-state index is 0.00274. The van der Waals surface area contributed by atoms with E-state index in [4.69, 9.17) is 37.4 Å². The molecule has 1 saturated heterocycles. The number of hydrogen-bond acceptors (Lipinski definition) is 3. The lowest BCUT2D eigenvalue weighted by Gasteiger charge is -2.29. The van der Waals surface area contributed by atoms with Gasteiger partial charge in [0, 0.05) is 17.7 Å². The highest BCUT2D eigenvalue weighted by Gasteiger charge is 2.35. The highest BCUT2D eigenvalue weighted by Crippen LogP contribution is 2.33. The SMILES string of the molecule is C[C@H]1CC=CC[C@@H]1[C@@H]1OC[C@H](COC(CCl)CCl)O1. The Morgan fingerprint density at radius 1 is 1.26 bits per heavy atom. The predicted molar refractivity (Wildman–Crippen MR) is 76.8 cm³/mol. The third-order valence-electron chi connectivity index (χ3n) is 3.80. The predicted octanol–water partition coefficient (Wildman–Crippen LogP) is 3.19. The quantitative estimate of drug-likeness (QED) is 0.557. The monoisotopic (exact) mass is 308 g/mol. The van der Waals surface area contributed by atoms with E-state index in [1.165, 1.54) is 0 Å².